The molecule has 3 N–H and O–H groups in total. The maximum Gasteiger partial charge on any atom is 0.227 e. The molecule has 0 bridgehead atoms. The van der Waals surface area contributed by atoms with E-state index in [1.165, 1.54) is 0 Å². The standard InChI is InChI=1S/C11H19N5O/c12-10-2-3-13-11(14-10)16-5-1-4-15(6-7-16)8-9-17/h2-3,17H,1,4-9H2,(H2,12,13,14). The number of β-amino-alcohol motifs (C(OH)–C–C–N with tert-alkyl or cyclic N) is 1. The lowest BCUT2D eigenvalue weighted by molar-refractivity contribution is 0.204. The first-order valence-electron chi connectivity index (χ1n) is 5.96. The molecule has 17 heavy (non-hydrogen) atoms. The van der Waals surface area contributed by atoms with Gasteiger partial charge in [0.2, 0.25) is 5.95 Å². The van der Waals surface area contributed by atoms with Crippen LogP contribution in [0.15, 0.2) is 12.3 Å². The van der Waals surface area contributed by atoms with E-state index in [4.69, 9.17) is 10.8 Å². The summed E-state index contributed by atoms with van der Waals surface area (Å²) in [4.78, 5) is 12.9. The molecule has 2 rings (SSSR count). The van der Waals surface area contributed by atoms with Crippen LogP contribution in [0.25, 0.3) is 0 Å². The van der Waals surface area contributed by atoms with Crippen LogP contribution in [0.2, 0.25) is 0 Å². The van der Waals surface area contributed by atoms with E-state index in [2.05, 4.69) is 19.8 Å². The zero-order valence-electron chi connectivity index (χ0n) is 9.92. The molecule has 94 valence electrons. The molecule has 1 aliphatic heterocycles. The summed E-state index contributed by atoms with van der Waals surface area (Å²) in [6.07, 6.45) is 2.74. The van der Waals surface area contributed by atoms with Crippen molar-refractivity contribution in [2.24, 2.45) is 0 Å². The summed E-state index contributed by atoms with van der Waals surface area (Å²) >= 11 is 0. The summed E-state index contributed by atoms with van der Waals surface area (Å²) in [6, 6.07) is 1.69. The second-order valence-corrected chi connectivity index (χ2v) is 4.19. The highest BCUT2D eigenvalue weighted by Crippen LogP contribution is 2.11. The van der Waals surface area contributed by atoms with Gasteiger partial charge in [0.05, 0.1) is 6.61 Å². The molecule has 0 radical (unpaired) electrons. The summed E-state index contributed by atoms with van der Waals surface area (Å²) in [6.45, 7) is 4.72. The van der Waals surface area contributed by atoms with Gasteiger partial charge in [0.15, 0.2) is 0 Å². The molecule has 0 aliphatic carbocycles. The summed E-state index contributed by atoms with van der Waals surface area (Å²) < 4.78 is 0. The summed E-state index contributed by atoms with van der Waals surface area (Å²) in [5.41, 5.74) is 5.66. The van der Waals surface area contributed by atoms with Crippen molar-refractivity contribution in [2.45, 2.75) is 6.42 Å². The van der Waals surface area contributed by atoms with E-state index >= 15 is 0 Å². The summed E-state index contributed by atoms with van der Waals surface area (Å²) in [5, 5.41) is 8.93. The van der Waals surface area contributed by atoms with Crippen LogP contribution in [0.4, 0.5) is 11.8 Å². The number of rotatable bonds is 3. The molecule has 0 amide bonds. The van der Waals surface area contributed by atoms with Gasteiger partial charge in [-0.1, -0.05) is 0 Å². The third-order valence-corrected chi connectivity index (χ3v) is 2.95. The first-order valence-corrected chi connectivity index (χ1v) is 5.96. The van der Waals surface area contributed by atoms with Gasteiger partial charge in [-0.05, 0) is 19.0 Å². The van der Waals surface area contributed by atoms with E-state index in [1.807, 2.05) is 0 Å². The summed E-state index contributed by atoms with van der Waals surface area (Å²) in [7, 11) is 0. The van der Waals surface area contributed by atoms with Crippen LogP contribution >= 0.6 is 0 Å². The zero-order valence-corrected chi connectivity index (χ0v) is 9.92. The first-order chi connectivity index (χ1) is 8.29. The Labute approximate surface area is 101 Å². The van der Waals surface area contributed by atoms with Crippen molar-refractivity contribution in [3.63, 3.8) is 0 Å². The van der Waals surface area contributed by atoms with E-state index in [-0.39, 0.29) is 6.61 Å². The third kappa shape index (κ3) is 3.28. The fraction of sp³-hybridized carbons (Fsp3) is 0.636. The van der Waals surface area contributed by atoms with Crippen molar-refractivity contribution in [2.75, 3.05) is 50.0 Å². The van der Waals surface area contributed by atoms with Crippen LogP contribution in [0.5, 0.6) is 0 Å². The van der Waals surface area contributed by atoms with E-state index < -0.39 is 0 Å². The predicted octanol–water partition coefficient (Wildman–Crippen LogP) is -0.437. The maximum absolute atomic E-state index is 8.93. The van der Waals surface area contributed by atoms with Gasteiger partial charge in [-0.15, -0.1) is 0 Å². The Morgan fingerprint density at radius 1 is 1.29 bits per heavy atom. The Balaban J connectivity index is 1.99. The van der Waals surface area contributed by atoms with Crippen LogP contribution in [-0.4, -0.2) is 59.3 Å². The first kappa shape index (κ1) is 12.1. The number of nitrogen functional groups attached to an aromatic ring is 1. The largest absolute Gasteiger partial charge is 0.395 e. The van der Waals surface area contributed by atoms with Gasteiger partial charge >= 0.3 is 0 Å². The molecule has 6 heteroatoms. The monoisotopic (exact) mass is 237 g/mol. The second-order valence-electron chi connectivity index (χ2n) is 4.19. The Kier molecular flexibility index (Phi) is 4.11. The van der Waals surface area contributed by atoms with Crippen LogP contribution in [0.1, 0.15) is 6.42 Å². The SMILES string of the molecule is Nc1ccnc(N2CCCN(CCO)CC2)n1. The predicted molar refractivity (Wildman–Crippen MR) is 66.8 cm³/mol. The van der Waals surface area contributed by atoms with Gasteiger partial charge in [-0.2, -0.15) is 4.98 Å². The number of hydrogen-bond acceptors (Lipinski definition) is 6. The van der Waals surface area contributed by atoms with Crippen molar-refractivity contribution in [1.82, 2.24) is 14.9 Å². The highest BCUT2D eigenvalue weighted by molar-refractivity contribution is 5.37. The van der Waals surface area contributed by atoms with Crippen LogP contribution in [0, 0.1) is 0 Å². The third-order valence-electron chi connectivity index (χ3n) is 2.95. The smallest absolute Gasteiger partial charge is 0.227 e. The van der Waals surface area contributed by atoms with Gasteiger partial charge in [0, 0.05) is 32.4 Å². The molecule has 0 saturated carbocycles. The molecular weight excluding hydrogens is 218 g/mol. The Hall–Kier alpha value is -1.40. The van der Waals surface area contributed by atoms with E-state index in [9.17, 15) is 0 Å². The van der Waals surface area contributed by atoms with Gasteiger partial charge in [0.1, 0.15) is 5.82 Å². The molecule has 0 aromatic carbocycles. The normalized spacial score (nSPS) is 18.1. The molecule has 2 heterocycles. The van der Waals surface area contributed by atoms with Crippen LogP contribution < -0.4 is 10.6 Å². The van der Waals surface area contributed by atoms with E-state index in [0.29, 0.717) is 11.8 Å². The highest BCUT2D eigenvalue weighted by Gasteiger charge is 2.16. The topological polar surface area (TPSA) is 78.5 Å². The Bertz CT molecular complexity index is 359. The van der Waals surface area contributed by atoms with Gasteiger partial charge in [-0.3, -0.25) is 4.90 Å². The average molecular weight is 237 g/mol. The fourth-order valence-electron chi connectivity index (χ4n) is 2.05. The number of anilines is 2. The van der Waals surface area contributed by atoms with Crippen molar-refractivity contribution >= 4 is 11.8 Å². The molecule has 1 aliphatic rings. The lowest BCUT2D eigenvalue weighted by Crippen LogP contribution is -2.33. The molecule has 0 unspecified atom stereocenters. The summed E-state index contributed by atoms with van der Waals surface area (Å²) in [5.74, 6) is 1.21. The lowest BCUT2D eigenvalue weighted by Gasteiger charge is -2.21. The minimum atomic E-state index is 0.217. The van der Waals surface area contributed by atoms with Crippen LogP contribution in [-0.2, 0) is 0 Å². The average Bonchev–Trinajstić information content (AvgIpc) is 2.55. The van der Waals surface area contributed by atoms with E-state index in [1.54, 1.807) is 12.3 Å². The van der Waals surface area contributed by atoms with E-state index in [0.717, 1.165) is 39.1 Å². The molecule has 1 aromatic rings. The molecule has 6 nitrogen and oxygen atoms in total. The number of hydrogen-bond donors (Lipinski definition) is 2. The van der Waals surface area contributed by atoms with Crippen molar-refractivity contribution < 1.29 is 5.11 Å². The second kappa shape index (κ2) is 5.79. The Morgan fingerprint density at radius 3 is 2.94 bits per heavy atom. The van der Waals surface area contributed by atoms with Crippen molar-refractivity contribution in [1.29, 1.82) is 0 Å². The fourth-order valence-corrected chi connectivity index (χ4v) is 2.05. The minimum Gasteiger partial charge on any atom is -0.395 e. The molecule has 0 atom stereocenters. The number of aliphatic hydroxyl groups excluding tert-OH is 1. The molecule has 0 spiro atoms. The van der Waals surface area contributed by atoms with Crippen molar-refractivity contribution in [3.8, 4) is 0 Å². The zero-order chi connectivity index (χ0) is 12.1. The number of aliphatic hydroxyl groups is 1. The number of aromatic nitrogens is 2. The lowest BCUT2D eigenvalue weighted by atomic mass is 10.4. The van der Waals surface area contributed by atoms with Crippen molar-refractivity contribution in [3.05, 3.63) is 12.3 Å². The van der Waals surface area contributed by atoms with Gasteiger partial charge < -0.3 is 15.7 Å². The Morgan fingerprint density at radius 2 is 2.18 bits per heavy atom. The molecule has 1 aromatic heterocycles. The maximum atomic E-state index is 8.93. The highest BCUT2D eigenvalue weighted by atomic mass is 16.3. The number of nitrogens with zero attached hydrogens (tertiary/aromatic N) is 4. The molecule has 1 saturated heterocycles. The molecular formula is C11H19N5O. The van der Waals surface area contributed by atoms with Crippen LogP contribution in [0.3, 0.4) is 0 Å². The quantitative estimate of drug-likeness (QED) is 0.742. The molecule has 1 fully saturated rings. The van der Waals surface area contributed by atoms with Gasteiger partial charge in [-0.25, -0.2) is 4.98 Å². The number of nitrogens with two attached hydrogens (primary N) is 1. The minimum absolute atomic E-state index is 0.217. The van der Waals surface area contributed by atoms with Gasteiger partial charge in [0.25, 0.3) is 0 Å².